The van der Waals surface area contributed by atoms with Gasteiger partial charge in [0, 0.05) is 36.8 Å². The van der Waals surface area contributed by atoms with Crippen LogP contribution in [0.3, 0.4) is 0 Å². The number of piperidine rings is 1. The lowest BCUT2D eigenvalue weighted by Crippen LogP contribution is -2.46. The third kappa shape index (κ3) is 5.91. The van der Waals surface area contributed by atoms with Gasteiger partial charge in [0.25, 0.3) is 5.69 Å². The van der Waals surface area contributed by atoms with Gasteiger partial charge in [-0.25, -0.2) is 0 Å². The predicted octanol–water partition coefficient (Wildman–Crippen LogP) is 2.97. The van der Waals surface area contributed by atoms with E-state index in [9.17, 15) is 19.7 Å². The smallest absolute Gasteiger partial charge is 0.276 e. The van der Waals surface area contributed by atoms with Crippen molar-refractivity contribution in [3.05, 3.63) is 75.8 Å². The van der Waals surface area contributed by atoms with Crippen LogP contribution in [0.4, 0.5) is 5.69 Å². The van der Waals surface area contributed by atoms with E-state index in [1.807, 2.05) is 24.3 Å². The number of methoxy groups -OCH3 is 1. The van der Waals surface area contributed by atoms with Crippen molar-refractivity contribution in [2.45, 2.75) is 25.3 Å². The van der Waals surface area contributed by atoms with Gasteiger partial charge >= 0.3 is 0 Å². The molecule has 0 unspecified atom stereocenters. The second-order valence-corrected chi connectivity index (χ2v) is 7.30. The van der Waals surface area contributed by atoms with Crippen LogP contribution in [-0.2, 0) is 16.0 Å². The van der Waals surface area contributed by atoms with Crippen molar-refractivity contribution in [3.63, 3.8) is 0 Å². The number of likely N-dealkylation sites (tertiary alicyclic amines) is 1. The monoisotopic (exact) mass is 423 g/mol. The zero-order chi connectivity index (χ0) is 22.2. The zero-order valence-electron chi connectivity index (χ0n) is 17.3. The Kier molecular flexibility index (Phi) is 7.37. The Hall–Kier alpha value is -3.68. The van der Waals surface area contributed by atoms with E-state index in [1.165, 1.54) is 18.2 Å². The molecule has 1 aliphatic rings. The lowest BCUT2D eigenvalue weighted by atomic mass is 10.0. The van der Waals surface area contributed by atoms with Crippen molar-refractivity contribution in [3.8, 4) is 5.75 Å². The Bertz CT molecular complexity index is 981. The zero-order valence-corrected chi connectivity index (χ0v) is 17.3. The van der Waals surface area contributed by atoms with Gasteiger partial charge in [0.05, 0.1) is 24.0 Å². The maximum atomic E-state index is 12.6. The van der Waals surface area contributed by atoms with Gasteiger partial charge < -0.3 is 15.0 Å². The molecule has 8 nitrogen and oxygen atoms in total. The summed E-state index contributed by atoms with van der Waals surface area (Å²) in [5, 5.41) is 14.0. The van der Waals surface area contributed by atoms with Gasteiger partial charge in [0.2, 0.25) is 11.8 Å². The highest BCUT2D eigenvalue weighted by molar-refractivity contribution is 5.92. The molecule has 0 aliphatic carbocycles. The molecule has 3 rings (SSSR count). The molecular formula is C23H25N3O5. The van der Waals surface area contributed by atoms with Crippen LogP contribution in [-0.4, -0.2) is 47.9 Å². The first-order valence-electron chi connectivity index (χ1n) is 10.1. The molecule has 0 radical (unpaired) electrons. The number of benzene rings is 2. The van der Waals surface area contributed by atoms with Crippen LogP contribution < -0.4 is 10.1 Å². The van der Waals surface area contributed by atoms with Crippen LogP contribution in [0.15, 0.2) is 54.6 Å². The first kappa shape index (κ1) is 22.0. The molecule has 162 valence electrons. The van der Waals surface area contributed by atoms with E-state index in [-0.39, 0.29) is 30.0 Å². The Labute approximate surface area is 180 Å². The van der Waals surface area contributed by atoms with Crippen LogP contribution in [0, 0.1) is 10.1 Å². The average molecular weight is 423 g/mol. The van der Waals surface area contributed by atoms with Crippen LogP contribution in [0.1, 0.15) is 24.0 Å². The fraction of sp³-hybridized carbons (Fsp3) is 0.304. The fourth-order valence-electron chi connectivity index (χ4n) is 3.61. The van der Waals surface area contributed by atoms with Gasteiger partial charge in [0.15, 0.2) is 0 Å². The van der Waals surface area contributed by atoms with Crippen LogP contribution in [0.5, 0.6) is 5.75 Å². The summed E-state index contributed by atoms with van der Waals surface area (Å²) in [4.78, 5) is 37.2. The summed E-state index contributed by atoms with van der Waals surface area (Å²) in [6, 6.07) is 13.7. The lowest BCUT2D eigenvalue weighted by molar-refractivity contribution is -0.385. The molecule has 1 aliphatic heterocycles. The summed E-state index contributed by atoms with van der Waals surface area (Å²) in [5.41, 5.74) is 1.18. The number of carbonyl (C=O) groups is 2. The summed E-state index contributed by atoms with van der Waals surface area (Å²) in [5.74, 6) is 0.422. The number of nitro benzene ring substituents is 1. The van der Waals surface area contributed by atoms with E-state index in [1.54, 1.807) is 30.2 Å². The maximum Gasteiger partial charge on any atom is 0.276 e. The number of ether oxygens (including phenoxy) is 1. The second-order valence-electron chi connectivity index (χ2n) is 7.30. The fourth-order valence-corrected chi connectivity index (χ4v) is 3.61. The van der Waals surface area contributed by atoms with E-state index in [4.69, 9.17) is 4.74 Å². The molecule has 0 atom stereocenters. The molecule has 1 saturated heterocycles. The number of hydrogen-bond donors (Lipinski definition) is 1. The van der Waals surface area contributed by atoms with E-state index in [2.05, 4.69) is 5.32 Å². The third-order valence-corrected chi connectivity index (χ3v) is 5.28. The standard InChI is InChI=1S/C23H25N3O5/c1-31-21-9-5-3-7-18(21)16-23(28)25-14-12-19(13-15-25)24-22(27)11-10-17-6-2-4-8-20(17)26(29)30/h2-11,19H,12-16H2,1H3,(H,24,27)/b11-10+. The molecule has 1 fully saturated rings. The van der Waals surface area contributed by atoms with Crippen molar-refractivity contribution < 1.29 is 19.2 Å². The Morgan fingerprint density at radius 3 is 2.55 bits per heavy atom. The van der Waals surface area contributed by atoms with Crippen molar-refractivity contribution >= 4 is 23.6 Å². The first-order chi connectivity index (χ1) is 15.0. The number of carbonyl (C=O) groups excluding carboxylic acids is 2. The van der Waals surface area contributed by atoms with Crippen molar-refractivity contribution in [2.24, 2.45) is 0 Å². The van der Waals surface area contributed by atoms with E-state index >= 15 is 0 Å². The SMILES string of the molecule is COc1ccccc1CC(=O)N1CCC(NC(=O)/C=C/c2ccccc2[N+](=O)[O-])CC1. The first-order valence-corrected chi connectivity index (χ1v) is 10.1. The minimum absolute atomic E-state index is 0.0329. The van der Waals surface area contributed by atoms with Gasteiger partial charge in [-0.05, 0) is 31.1 Å². The number of amides is 2. The van der Waals surface area contributed by atoms with Crippen molar-refractivity contribution in [1.29, 1.82) is 0 Å². The van der Waals surface area contributed by atoms with E-state index in [0.717, 1.165) is 5.56 Å². The maximum absolute atomic E-state index is 12.6. The minimum Gasteiger partial charge on any atom is -0.496 e. The summed E-state index contributed by atoms with van der Waals surface area (Å²) < 4.78 is 5.31. The Balaban J connectivity index is 1.49. The van der Waals surface area contributed by atoms with Crippen molar-refractivity contribution in [2.75, 3.05) is 20.2 Å². The van der Waals surface area contributed by atoms with Gasteiger partial charge in [-0.2, -0.15) is 0 Å². The third-order valence-electron chi connectivity index (χ3n) is 5.28. The Morgan fingerprint density at radius 2 is 1.84 bits per heavy atom. The van der Waals surface area contributed by atoms with Gasteiger partial charge in [-0.15, -0.1) is 0 Å². The molecule has 2 amide bonds. The number of para-hydroxylation sites is 2. The molecular weight excluding hydrogens is 398 g/mol. The van der Waals surface area contributed by atoms with Crippen LogP contribution >= 0.6 is 0 Å². The topological polar surface area (TPSA) is 102 Å². The summed E-state index contributed by atoms with van der Waals surface area (Å²) in [7, 11) is 1.59. The quantitative estimate of drug-likeness (QED) is 0.419. The Morgan fingerprint density at radius 1 is 1.16 bits per heavy atom. The van der Waals surface area contributed by atoms with Gasteiger partial charge in [-0.3, -0.25) is 19.7 Å². The highest BCUT2D eigenvalue weighted by Gasteiger charge is 2.24. The molecule has 8 heteroatoms. The van der Waals surface area contributed by atoms with Crippen LogP contribution in [0.25, 0.3) is 6.08 Å². The number of nitro groups is 1. The van der Waals surface area contributed by atoms with Crippen LogP contribution in [0.2, 0.25) is 0 Å². The summed E-state index contributed by atoms with van der Waals surface area (Å²) >= 11 is 0. The number of nitrogens with one attached hydrogen (secondary N) is 1. The van der Waals surface area contributed by atoms with Crippen molar-refractivity contribution in [1.82, 2.24) is 10.2 Å². The molecule has 0 spiro atoms. The molecule has 1 heterocycles. The lowest BCUT2D eigenvalue weighted by Gasteiger charge is -2.32. The number of nitrogens with zero attached hydrogens (tertiary/aromatic N) is 2. The molecule has 31 heavy (non-hydrogen) atoms. The molecule has 2 aromatic rings. The summed E-state index contributed by atoms with van der Waals surface area (Å²) in [6.45, 7) is 1.12. The van der Waals surface area contributed by atoms with Gasteiger partial charge in [-0.1, -0.05) is 30.3 Å². The highest BCUT2D eigenvalue weighted by Crippen LogP contribution is 2.21. The van der Waals surface area contributed by atoms with Gasteiger partial charge in [0.1, 0.15) is 5.75 Å². The molecule has 0 saturated carbocycles. The van der Waals surface area contributed by atoms with E-state index < -0.39 is 4.92 Å². The number of rotatable bonds is 7. The second kappa shape index (κ2) is 10.4. The van der Waals surface area contributed by atoms with E-state index in [0.29, 0.717) is 37.2 Å². The molecule has 0 bridgehead atoms. The average Bonchev–Trinajstić information content (AvgIpc) is 2.78. The molecule has 1 N–H and O–H groups in total. The molecule has 2 aromatic carbocycles. The predicted molar refractivity (Wildman–Crippen MR) is 117 cm³/mol. The summed E-state index contributed by atoms with van der Waals surface area (Å²) in [6.07, 6.45) is 4.34. The number of hydrogen-bond acceptors (Lipinski definition) is 5. The largest absolute Gasteiger partial charge is 0.496 e. The molecule has 0 aromatic heterocycles. The normalized spacial score (nSPS) is 14.4. The minimum atomic E-state index is -0.477. The highest BCUT2D eigenvalue weighted by atomic mass is 16.6.